The van der Waals surface area contributed by atoms with Gasteiger partial charge in [-0.25, -0.2) is 8.78 Å². The summed E-state index contributed by atoms with van der Waals surface area (Å²) in [5, 5.41) is 3.71. The maximum Gasteiger partial charge on any atom is 0.311 e. The van der Waals surface area contributed by atoms with Crippen LogP contribution in [-0.2, 0) is 25.2 Å². The number of alkyl halides is 2. The van der Waals surface area contributed by atoms with Crippen molar-refractivity contribution in [3.8, 4) is 5.75 Å². The van der Waals surface area contributed by atoms with Crippen molar-refractivity contribution < 1.29 is 18.3 Å². The molecule has 0 atom stereocenters. The highest BCUT2D eigenvalue weighted by atomic mass is 19.1. The molecule has 0 unspecified atom stereocenters. The van der Waals surface area contributed by atoms with Gasteiger partial charge in [-0.3, -0.25) is 9.48 Å². The molecule has 0 fully saturated rings. The van der Waals surface area contributed by atoms with E-state index < -0.39 is 19.3 Å². The van der Waals surface area contributed by atoms with Gasteiger partial charge < -0.3 is 4.74 Å². The van der Waals surface area contributed by atoms with Gasteiger partial charge in [-0.2, -0.15) is 5.10 Å². The van der Waals surface area contributed by atoms with Gasteiger partial charge in [0.2, 0.25) is 0 Å². The average Bonchev–Trinajstić information content (AvgIpc) is 2.54. The third-order valence-corrected chi connectivity index (χ3v) is 1.94. The van der Waals surface area contributed by atoms with E-state index in [1.807, 2.05) is 0 Å². The summed E-state index contributed by atoms with van der Waals surface area (Å²) in [6, 6.07) is 0. The molecule has 0 bridgehead atoms. The second kappa shape index (κ2) is 4.86. The summed E-state index contributed by atoms with van der Waals surface area (Å²) in [6.45, 7) is -0.140. The Morgan fingerprint density at radius 1 is 1.47 bits per heavy atom. The number of esters is 1. The Morgan fingerprint density at radius 2 is 2.13 bits per heavy atom. The summed E-state index contributed by atoms with van der Waals surface area (Å²) in [5.41, 5.74) is 0.0244. The molecule has 84 valence electrons. The molecular weight excluding hydrogens is 206 g/mol. The molecule has 1 heterocycles. The third kappa shape index (κ3) is 2.31. The molecule has 0 N–H and O–H groups in total. The molecule has 0 saturated carbocycles. The van der Waals surface area contributed by atoms with Gasteiger partial charge in [0.05, 0.1) is 0 Å². The van der Waals surface area contributed by atoms with Crippen LogP contribution < -0.4 is 4.74 Å². The van der Waals surface area contributed by atoms with Crippen LogP contribution in [0.15, 0.2) is 0 Å². The zero-order valence-corrected chi connectivity index (χ0v) is 8.59. The average molecular weight is 218 g/mol. The van der Waals surface area contributed by atoms with Gasteiger partial charge >= 0.3 is 5.97 Å². The molecule has 0 radical (unpaired) electrons. The second-order valence-electron chi connectivity index (χ2n) is 2.94. The van der Waals surface area contributed by atoms with Gasteiger partial charge in [0.1, 0.15) is 24.7 Å². The van der Waals surface area contributed by atoms with Crippen molar-refractivity contribution in [2.24, 2.45) is 7.05 Å². The molecule has 0 aliphatic carbocycles. The number of halogens is 2. The van der Waals surface area contributed by atoms with E-state index in [2.05, 4.69) is 5.10 Å². The Bertz CT molecular complexity index is 363. The summed E-state index contributed by atoms with van der Waals surface area (Å²) in [6.07, 6.45) is 0.145. The standard InChI is InChI=1S/C9H12F2N2O2/c1-3-8(14)15-9-6(4-10)12-13(2)7(9)5-11/h3-5H2,1-2H3. The molecule has 1 aromatic rings. The molecule has 0 aromatic carbocycles. The molecule has 0 aliphatic heterocycles. The molecule has 0 spiro atoms. The lowest BCUT2D eigenvalue weighted by atomic mass is 10.3. The monoisotopic (exact) mass is 218 g/mol. The first-order valence-corrected chi connectivity index (χ1v) is 4.51. The lowest BCUT2D eigenvalue weighted by Gasteiger charge is -2.03. The number of carbonyl (C=O) groups is 1. The molecule has 4 nitrogen and oxygen atoms in total. The normalized spacial score (nSPS) is 10.4. The van der Waals surface area contributed by atoms with E-state index in [0.29, 0.717) is 0 Å². The summed E-state index contributed by atoms with van der Waals surface area (Å²) in [5.74, 6) is -0.623. The van der Waals surface area contributed by atoms with Gasteiger partial charge in [0.25, 0.3) is 0 Å². The Balaban J connectivity index is 3.06. The van der Waals surface area contributed by atoms with E-state index in [4.69, 9.17) is 4.74 Å². The van der Waals surface area contributed by atoms with Crippen LogP contribution in [-0.4, -0.2) is 15.7 Å². The van der Waals surface area contributed by atoms with Crippen molar-refractivity contribution >= 4 is 5.97 Å². The molecule has 1 aromatic heterocycles. The summed E-state index contributed by atoms with van der Waals surface area (Å²) in [7, 11) is 1.47. The summed E-state index contributed by atoms with van der Waals surface area (Å²) >= 11 is 0. The Labute approximate surface area is 85.8 Å². The molecule has 0 aliphatic rings. The number of hydrogen-bond acceptors (Lipinski definition) is 3. The summed E-state index contributed by atoms with van der Waals surface area (Å²) < 4.78 is 31.1. The van der Waals surface area contributed by atoms with Crippen LogP contribution in [0.5, 0.6) is 5.75 Å². The predicted molar refractivity (Wildman–Crippen MR) is 48.8 cm³/mol. The van der Waals surface area contributed by atoms with Crippen LogP contribution in [0.4, 0.5) is 8.78 Å². The van der Waals surface area contributed by atoms with Crippen molar-refractivity contribution in [3.05, 3.63) is 11.4 Å². The van der Waals surface area contributed by atoms with Crippen molar-refractivity contribution in [2.75, 3.05) is 0 Å². The SMILES string of the molecule is CCC(=O)Oc1c(CF)nn(C)c1CF. The van der Waals surface area contributed by atoms with Crippen LogP contribution in [0, 0.1) is 0 Å². The minimum atomic E-state index is -0.889. The largest absolute Gasteiger partial charge is 0.422 e. The quantitative estimate of drug-likeness (QED) is 0.722. The zero-order valence-electron chi connectivity index (χ0n) is 8.59. The van der Waals surface area contributed by atoms with E-state index in [9.17, 15) is 13.6 Å². The lowest BCUT2D eigenvalue weighted by molar-refractivity contribution is -0.134. The highest BCUT2D eigenvalue weighted by Crippen LogP contribution is 2.25. The van der Waals surface area contributed by atoms with Gasteiger partial charge in [0.15, 0.2) is 5.75 Å². The first kappa shape index (κ1) is 11.6. The van der Waals surface area contributed by atoms with Crippen LogP contribution >= 0.6 is 0 Å². The van der Waals surface area contributed by atoms with Gasteiger partial charge in [0, 0.05) is 13.5 Å². The fraction of sp³-hybridized carbons (Fsp3) is 0.556. The fourth-order valence-electron chi connectivity index (χ4n) is 1.14. The highest BCUT2D eigenvalue weighted by Gasteiger charge is 2.19. The van der Waals surface area contributed by atoms with Crippen molar-refractivity contribution in [3.63, 3.8) is 0 Å². The fourth-order valence-corrected chi connectivity index (χ4v) is 1.14. The molecule has 0 saturated heterocycles. The maximum atomic E-state index is 12.6. The van der Waals surface area contributed by atoms with Crippen molar-refractivity contribution in [1.29, 1.82) is 0 Å². The Hall–Kier alpha value is -1.46. The Morgan fingerprint density at radius 3 is 2.60 bits per heavy atom. The maximum absolute atomic E-state index is 12.6. The molecule has 0 amide bonds. The minimum Gasteiger partial charge on any atom is -0.422 e. The van der Waals surface area contributed by atoms with E-state index in [1.54, 1.807) is 6.92 Å². The minimum absolute atomic E-state index is 0.0491. The van der Waals surface area contributed by atoms with Gasteiger partial charge in [-0.1, -0.05) is 6.92 Å². The second-order valence-corrected chi connectivity index (χ2v) is 2.94. The predicted octanol–water partition coefficient (Wildman–Crippen LogP) is 1.67. The van der Waals surface area contributed by atoms with Crippen molar-refractivity contribution in [2.45, 2.75) is 26.7 Å². The zero-order chi connectivity index (χ0) is 11.4. The molecule has 15 heavy (non-hydrogen) atoms. The topological polar surface area (TPSA) is 44.1 Å². The number of aryl methyl sites for hydroxylation is 1. The van der Waals surface area contributed by atoms with Gasteiger partial charge in [-0.05, 0) is 0 Å². The number of rotatable bonds is 4. The Kier molecular flexibility index (Phi) is 3.76. The van der Waals surface area contributed by atoms with Crippen LogP contribution in [0.3, 0.4) is 0 Å². The highest BCUT2D eigenvalue weighted by molar-refractivity contribution is 5.72. The molecule has 1 rings (SSSR count). The van der Waals surface area contributed by atoms with Crippen LogP contribution in [0.2, 0.25) is 0 Å². The third-order valence-electron chi connectivity index (χ3n) is 1.94. The first-order chi connectivity index (χ1) is 7.13. The van der Waals surface area contributed by atoms with Crippen molar-refractivity contribution in [1.82, 2.24) is 9.78 Å². The van der Waals surface area contributed by atoms with E-state index >= 15 is 0 Å². The lowest BCUT2D eigenvalue weighted by Crippen LogP contribution is -2.08. The van der Waals surface area contributed by atoms with E-state index in [0.717, 1.165) is 0 Å². The summed E-state index contributed by atoms with van der Waals surface area (Å²) in [4.78, 5) is 11.0. The van der Waals surface area contributed by atoms with Crippen LogP contribution in [0.1, 0.15) is 24.7 Å². The number of hydrogen-bond donors (Lipinski definition) is 0. The van der Waals surface area contributed by atoms with E-state index in [-0.39, 0.29) is 23.6 Å². The van der Waals surface area contributed by atoms with Gasteiger partial charge in [-0.15, -0.1) is 0 Å². The number of carbonyl (C=O) groups excluding carboxylic acids is 1. The molecule has 6 heteroatoms. The number of nitrogens with zero attached hydrogens (tertiary/aromatic N) is 2. The van der Waals surface area contributed by atoms with E-state index in [1.165, 1.54) is 11.7 Å². The van der Waals surface area contributed by atoms with Crippen LogP contribution in [0.25, 0.3) is 0 Å². The number of aromatic nitrogens is 2. The smallest absolute Gasteiger partial charge is 0.311 e. The number of ether oxygens (including phenoxy) is 1. The molecular formula is C9H12F2N2O2. The first-order valence-electron chi connectivity index (χ1n) is 4.51.